The van der Waals surface area contributed by atoms with Crippen molar-refractivity contribution in [3.8, 4) is 0 Å². The van der Waals surface area contributed by atoms with E-state index in [1.54, 1.807) is 17.0 Å². The van der Waals surface area contributed by atoms with Gasteiger partial charge in [-0.3, -0.25) is 14.4 Å². The van der Waals surface area contributed by atoms with E-state index in [9.17, 15) is 19.2 Å². The summed E-state index contributed by atoms with van der Waals surface area (Å²) in [4.78, 5) is 51.9. The van der Waals surface area contributed by atoms with E-state index < -0.39 is 30.3 Å². The van der Waals surface area contributed by atoms with E-state index in [4.69, 9.17) is 9.15 Å². The molecule has 25 heavy (non-hydrogen) atoms. The predicted octanol–water partition coefficient (Wildman–Crippen LogP) is 0.206. The fraction of sp³-hybridized carbons (Fsp3) is 0.500. The van der Waals surface area contributed by atoms with E-state index in [0.29, 0.717) is 23.7 Å². The van der Waals surface area contributed by atoms with Crippen molar-refractivity contribution in [1.82, 2.24) is 14.7 Å². The van der Waals surface area contributed by atoms with Crippen LogP contribution in [0.3, 0.4) is 0 Å². The van der Waals surface area contributed by atoms with E-state index in [1.165, 1.54) is 6.26 Å². The summed E-state index contributed by atoms with van der Waals surface area (Å²) in [5, 5.41) is 0. The molecule has 5 amide bonds. The van der Waals surface area contributed by atoms with Gasteiger partial charge < -0.3 is 14.1 Å². The van der Waals surface area contributed by atoms with Crippen molar-refractivity contribution in [3.05, 3.63) is 24.2 Å². The Hall–Kier alpha value is -2.68. The molecule has 0 unspecified atom stereocenters. The number of nitrogens with zero attached hydrogens (tertiary/aromatic N) is 3. The van der Waals surface area contributed by atoms with Crippen LogP contribution in [0.4, 0.5) is 4.79 Å². The zero-order valence-electron chi connectivity index (χ0n) is 14.0. The molecule has 9 heteroatoms. The second-order valence-corrected chi connectivity index (χ2v) is 6.20. The van der Waals surface area contributed by atoms with Crippen molar-refractivity contribution < 1.29 is 28.3 Å². The lowest BCUT2D eigenvalue weighted by Crippen LogP contribution is -2.51. The summed E-state index contributed by atoms with van der Waals surface area (Å²) < 4.78 is 10.7. The summed E-state index contributed by atoms with van der Waals surface area (Å²) in [7, 11) is 0. The van der Waals surface area contributed by atoms with E-state index in [-0.39, 0.29) is 18.8 Å². The van der Waals surface area contributed by atoms with Crippen LogP contribution in [-0.4, -0.2) is 70.3 Å². The number of hydrogen-bond acceptors (Lipinski definition) is 6. The molecule has 0 saturated carbocycles. The highest BCUT2D eigenvalue weighted by Crippen LogP contribution is 2.17. The topological polar surface area (TPSA) is 100 Å². The molecule has 3 rings (SSSR count). The first-order chi connectivity index (χ1) is 11.9. The zero-order chi connectivity index (χ0) is 18.1. The Bertz CT molecular complexity index is 691. The number of morpholine rings is 1. The summed E-state index contributed by atoms with van der Waals surface area (Å²) in [6, 6.07) is 2.40. The summed E-state index contributed by atoms with van der Waals surface area (Å²) >= 11 is 0. The third-order valence-electron chi connectivity index (χ3n) is 4.09. The van der Waals surface area contributed by atoms with Crippen LogP contribution in [0.1, 0.15) is 19.6 Å². The average Bonchev–Trinajstić information content (AvgIpc) is 3.13. The lowest BCUT2D eigenvalue weighted by molar-refractivity contribution is -0.148. The molecule has 2 fully saturated rings. The van der Waals surface area contributed by atoms with Gasteiger partial charge in [-0.25, -0.2) is 14.6 Å². The third kappa shape index (κ3) is 3.41. The highest BCUT2D eigenvalue weighted by Gasteiger charge is 2.46. The molecule has 9 nitrogen and oxygen atoms in total. The molecular formula is C16H19N3O6. The number of carbonyl (C=O) groups excluding carboxylic acids is 4. The fourth-order valence-electron chi connectivity index (χ4n) is 3.00. The number of amides is 5. The molecule has 134 valence electrons. The third-order valence-corrected chi connectivity index (χ3v) is 4.09. The molecule has 1 aromatic rings. The van der Waals surface area contributed by atoms with Crippen molar-refractivity contribution in [3.63, 3.8) is 0 Å². The van der Waals surface area contributed by atoms with Gasteiger partial charge in [-0.05, 0) is 26.0 Å². The largest absolute Gasteiger partial charge is 0.467 e. The quantitative estimate of drug-likeness (QED) is 0.569. The molecule has 0 N–H and O–H groups in total. The van der Waals surface area contributed by atoms with Gasteiger partial charge >= 0.3 is 17.8 Å². The number of rotatable bonds is 4. The minimum Gasteiger partial charge on any atom is -0.467 e. The van der Waals surface area contributed by atoms with Crippen LogP contribution in [0.5, 0.6) is 0 Å². The van der Waals surface area contributed by atoms with Crippen molar-refractivity contribution in [2.24, 2.45) is 0 Å². The second-order valence-electron chi connectivity index (χ2n) is 6.20. The Morgan fingerprint density at radius 3 is 2.36 bits per heavy atom. The van der Waals surface area contributed by atoms with Gasteiger partial charge in [0.2, 0.25) is 5.91 Å². The van der Waals surface area contributed by atoms with E-state index >= 15 is 0 Å². The minimum atomic E-state index is -1.00. The first kappa shape index (κ1) is 17.2. The first-order valence-corrected chi connectivity index (χ1v) is 7.99. The van der Waals surface area contributed by atoms with E-state index in [0.717, 1.165) is 4.90 Å². The van der Waals surface area contributed by atoms with Gasteiger partial charge in [0.05, 0.1) is 25.0 Å². The van der Waals surface area contributed by atoms with Crippen LogP contribution in [0, 0.1) is 0 Å². The fourth-order valence-corrected chi connectivity index (χ4v) is 3.00. The Morgan fingerprint density at radius 2 is 1.76 bits per heavy atom. The standard InChI is InChI=1S/C16H19N3O6/c1-10-6-17(7-11(2)25-10)13(20)9-19-15(22)14(21)18(16(19)23)8-12-4-3-5-24-12/h3-5,10-11H,6-9H2,1-2H3/t10-,11-/m0/s1. The smallest absolute Gasteiger partial charge is 0.335 e. The molecule has 0 aromatic carbocycles. The number of hydrogen-bond donors (Lipinski definition) is 0. The zero-order valence-corrected chi connectivity index (χ0v) is 14.0. The Kier molecular flexibility index (Phi) is 4.58. The maximum Gasteiger partial charge on any atom is 0.335 e. The molecule has 3 heterocycles. The Balaban J connectivity index is 1.67. The van der Waals surface area contributed by atoms with Crippen LogP contribution >= 0.6 is 0 Å². The van der Waals surface area contributed by atoms with Crippen LogP contribution in [0.15, 0.2) is 22.8 Å². The molecule has 2 atom stereocenters. The molecule has 2 aliphatic rings. The average molecular weight is 349 g/mol. The molecule has 0 bridgehead atoms. The van der Waals surface area contributed by atoms with Gasteiger partial charge in [0.15, 0.2) is 0 Å². The predicted molar refractivity (Wildman–Crippen MR) is 83.0 cm³/mol. The lowest BCUT2D eigenvalue weighted by Gasteiger charge is -2.35. The normalized spacial score (nSPS) is 24.4. The van der Waals surface area contributed by atoms with Crippen LogP contribution < -0.4 is 0 Å². The lowest BCUT2D eigenvalue weighted by atomic mass is 10.2. The van der Waals surface area contributed by atoms with Crippen molar-refractivity contribution >= 4 is 23.8 Å². The number of furan rings is 1. The van der Waals surface area contributed by atoms with E-state index in [2.05, 4.69) is 0 Å². The van der Waals surface area contributed by atoms with Gasteiger partial charge in [0.1, 0.15) is 12.3 Å². The van der Waals surface area contributed by atoms with Gasteiger partial charge in [-0.2, -0.15) is 0 Å². The number of carbonyl (C=O) groups is 4. The molecule has 2 aliphatic heterocycles. The SMILES string of the molecule is C[C@H]1CN(C(=O)CN2C(=O)C(=O)N(Cc3ccco3)C2=O)C[C@H](C)O1. The maximum absolute atomic E-state index is 12.4. The molecular weight excluding hydrogens is 330 g/mol. The van der Waals surface area contributed by atoms with Gasteiger partial charge in [-0.1, -0.05) is 0 Å². The van der Waals surface area contributed by atoms with Crippen molar-refractivity contribution in [2.45, 2.75) is 32.6 Å². The van der Waals surface area contributed by atoms with Gasteiger partial charge in [-0.15, -0.1) is 0 Å². The summed E-state index contributed by atoms with van der Waals surface area (Å²) in [5.74, 6) is -1.98. The summed E-state index contributed by atoms with van der Waals surface area (Å²) in [5.41, 5.74) is 0. The van der Waals surface area contributed by atoms with Gasteiger partial charge in [0.25, 0.3) is 0 Å². The molecule has 0 aliphatic carbocycles. The number of ether oxygens (including phenoxy) is 1. The maximum atomic E-state index is 12.4. The van der Waals surface area contributed by atoms with Crippen LogP contribution in [0.25, 0.3) is 0 Å². The monoisotopic (exact) mass is 349 g/mol. The Morgan fingerprint density at radius 1 is 1.12 bits per heavy atom. The second kappa shape index (κ2) is 6.67. The van der Waals surface area contributed by atoms with Crippen molar-refractivity contribution in [2.75, 3.05) is 19.6 Å². The van der Waals surface area contributed by atoms with Gasteiger partial charge in [0, 0.05) is 13.1 Å². The Labute approximate surface area is 144 Å². The highest BCUT2D eigenvalue weighted by atomic mass is 16.5. The summed E-state index contributed by atoms with van der Waals surface area (Å²) in [6.07, 6.45) is 1.15. The van der Waals surface area contributed by atoms with Crippen LogP contribution in [0.2, 0.25) is 0 Å². The first-order valence-electron chi connectivity index (χ1n) is 7.99. The van der Waals surface area contributed by atoms with Crippen molar-refractivity contribution in [1.29, 1.82) is 0 Å². The van der Waals surface area contributed by atoms with Crippen LogP contribution in [-0.2, 0) is 25.7 Å². The molecule has 0 spiro atoms. The minimum absolute atomic E-state index is 0.130. The highest BCUT2D eigenvalue weighted by molar-refractivity contribution is 6.44. The molecule has 2 saturated heterocycles. The molecule has 0 radical (unpaired) electrons. The van der Waals surface area contributed by atoms with E-state index in [1.807, 2.05) is 13.8 Å². The number of urea groups is 1. The molecule has 1 aromatic heterocycles. The summed E-state index contributed by atoms with van der Waals surface area (Å²) in [6.45, 7) is 3.84. The number of imide groups is 2.